The molecule has 7 heteroatoms. The normalized spacial score (nSPS) is 12.1. The van der Waals surface area contributed by atoms with Gasteiger partial charge in [0.05, 0.1) is 0 Å². The number of amides is 3. The molecule has 0 aliphatic heterocycles. The van der Waals surface area contributed by atoms with Gasteiger partial charge in [-0.1, -0.05) is 32.9 Å². The molecule has 0 saturated heterocycles. The molecule has 0 saturated carbocycles. The van der Waals surface area contributed by atoms with E-state index in [2.05, 4.69) is 31.4 Å². The number of benzene rings is 2. The lowest BCUT2D eigenvalue weighted by Crippen LogP contribution is -2.41. The van der Waals surface area contributed by atoms with Crippen molar-refractivity contribution >= 4 is 34.5 Å². The minimum Gasteiger partial charge on any atom is -0.341 e. The Morgan fingerprint density at radius 1 is 0.933 bits per heavy atom. The summed E-state index contributed by atoms with van der Waals surface area (Å²) < 4.78 is 0. The molecule has 6 nitrogen and oxygen atoms in total. The highest BCUT2D eigenvalue weighted by Crippen LogP contribution is 2.23. The van der Waals surface area contributed by atoms with Gasteiger partial charge in [-0.15, -0.1) is 0 Å². The van der Waals surface area contributed by atoms with Crippen molar-refractivity contribution in [1.82, 2.24) is 10.2 Å². The van der Waals surface area contributed by atoms with Gasteiger partial charge in [-0.3, -0.25) is 14.4 Å². The molecule has 160 valence electrons. The minimum absolute atomic E-state index is 0.00991. The van der Waals surface area contributed by atoms with Gasteiger partial charge in [0.25, 0.3) is 11.1 Å². The SMILES string of the molecule is CC(NC(=O)c1ccc(C(C)(C)C)cc1)C(=O)Nc1ccc(SC(=O)N(C)C)cc1. The van der Waals surface area contributed by atoms with Crippen molar-refractivity contribution in [2.24, 2.45) is 0 Å². The van der Waals surface area contributed by atoms with E-state index in [1.807, 2.05) is 12.1 Å². The molecule has 1 unspecified atom stereocenters. The number of anilines is 1. The second-order valence-electron chi connectivity index (χ2n) is 8.30. The number of thioether (sulfide) groups is 1. The van der Waals surface area contributed by atoms with Gasteiger partial charge in [-0.2, -0.15) is 0 Å². The van der Waals surface area contributed by atoms with Crippen LogP contribution in [-0.2, 0) is 10.2 Å². The van der Waals surface area contributed by atoms with Crippen LogP contribution in [0.2, 0.25) is 0 Å². The molecule has 3 amide bonds. The first kappa shape index (κ1) is 23.5. The van der Waals surface area contributed by atoms with Crippen LogP contribution < -0.4 is 10.6 Å². The molecule has 0 heterocycles. The van der Waals surface area contributed by atoms with Crippen LogP contribution in [0, 0.1) is 0 Å². The highest BCUT2D eigenvalue weighted by molar-refractivity contribution is 8.13. The molecule has 2 N–H and O–H groups in total. The molecule has 0 aliphatic rings. The van der Waals surface area contributed by atoms with Gasteiger partial charge in [-0.05, 0) is 66.1 Å². The van der Waals surface area contributed by atoms with E-state index in [4.69, 9.17) is 0 Å². The third kappa shape index (κ3) is 6.62. The molecule has 1 atom stereocenters. The van der Waals surface area contributed by atoms with Crippen molar-refractivity contribution in [2.75, 3.05) is 19.4 Å². The average molecular weight is 428 g/mol. The summed E-state index contributed by atoms with van der Waals surface area (Å²) in [6.07, 6.45) is 0. The van der Waals surface area contributed by atoms with E-state index in [9.17, 15) is 14.4 Å². The number of hydrogen-bond acceptors (Lipinski definition) is 4. The molecule has 0 aliphatic carbocycles. The quantitative estimate of drug-likeness (QED) is 0.688. The molecule has 0 fully saturated rings. The first-order valence-corrected chi connectivity index (χ1v) is 10.5. The molecule has 0 radical (unpaired) electrons. The molecule has 0 aromatic heterocycles. The molecule has 30 heavy (non-hydrogen) atoms. The number of rotatable bonds is 5. The second kappa shape index (κ2) is 9.80. The Kier molecular flexibility index (Phi) is 7.67. The van der Waals surface area contributed by atoms with Gasteiger partial charge in [0, 0.05) is 30.2 Å². The maximum absolute atomic E-state index is 12.4. The van der Waals surface area contributed by atoms with E-state index in [0.717, 1.165) is 22.2 Å². The summed E-state index contributed by atoms with van der Waals surface area (Å²) >= 11 is 1.11. The van der Waals surface area contributed by atoms with Crippen LogP contribution in [0.5, 0.6) is 0 Å². The number of hydrogen-bond donors (Lipinski definition) is 2. The standard InChI is InChI=1S/C23H29N3O3S/c1-15(24-21(28)16-7-9-17(10-8-16)23(2,3)4)20(27)25-18-11-13-19(14-12-18)30-22(29)26(5)6/h7-15H,1-6H3,(H,24,28)(H,25,27). The van der Waals surface area contributed by atoms with Crippen LogP contribution in [-0.4, -0.2) is 42.1 Å². The lowest BCUT2D eigenvalue weighted by atomic mass is 9.86. The van der Waals surface area contributed by atoms with E-state index >= 15 is 0 Å². The predicted molar refractivity (Wildman–Crippen MR) is 122 cm³/mol. The highest BCUT2D eigenvalue weighted by Gasteiger charge is 2.18. The molecule has 2 rings (SSSR count). The molecule has 0 bridgehead atoms. The summed E-state index contributed by atoms with van der Waals surface area (Å²) in [6, 6.07) is 13.7. The van der Waals surface area contributed by atoms with Gasteiger partial charge >= 0.3 is 0 Å². The Balaban J connectivity index is 1.92. The van der Waals surface area contributed by atoms with Crippen molar-refractivity contribution in [3.05, 3.63) is 59.7 Å². The lowest BCUT2D eigenvalue weighted by Gasteiger charge is -2.19. The van der Waals surface area contributed by atoms with Crippen molar-refractivity contribution < 1.29 is 14.4 Å². The molecular formula is C23H29N3O3S. The van der Waals surface area contributed by atoms with Crippen LogP contribution in [0.3, 0.4) is 0 Å². The van der Waals surface area contributed by atoms with E-state index in [-0.39, 0.29) is 22.5 Å². The van der Waals surface area contributed by atoms with Gasteiger partial charge in [0.1, 0.15) is 6.04 Å². The molecular weight excluding hydrogens is 398 g/mol. The summed E-state index contributed by atoms with van der Waals surface area (Å²) in [4.78, 5) is 38.9. The summed E-state index contributed by atoms with van der Waals surface area (Å²) in [5.41, 5.74) is 2.25. The zero-order valence-corrected chi connectivity index (χ0v) is 19.1. The van der Waals surface area contributed by atoms with Crippen molar-refractivity contribution in [3.63, 3.8) is 0 Å². The fourth-order valence-electron chi connectivity index (χ4n) is 2.52. The van der Waals surface area contributed by atoms with Crippen LogP contribution >= 0.6 is 11.8 Å². The maximum Gasteiger partial charge on any atom is 0.285 e. The number of nitrogens with one attached hydrogen (secondary N) is 2. The summed E-state index contributed by atoms with van der Waals surface area (Å²) in [7, 11) is 3.39. The fourth-order valence-corrected chi connectivity index (χ4v) is 3.17. The monoisotopic (exact) mass is 427 g/mol. The van der Waals surface area contributed by atoms with E-state index < -0.39 is 6.04 Å². The average Bonchev–Trinajstić information content (AvgIpc) is 2.68. The third-order valence-electron chi connectivity index (χ3n) is 4.45. The van der Waals surface area contributed by atoms with Crippen LogP contribution in [0.15, 0.2) is 53.4 Å². The lowest BCUT2D eigenvalue weighted by molar-refractivity contribution is -0.117. The largest absolute Gasteiger partial charge is 0.341 e. The Morgan fingerprint density at radius 2 is 1.50 bits per heavy atom. The third-order valence-corrected chi connectivity index (χ3v) is 5.49. The van der Waals surface area contributed by atoms with E-state index in [0.29, 0.717) is 11.3 Å². The van der Waals surface area contributed by atoms with Gasteiger partial charge in [0.15, 0.2) is 0 Å². The van der Waals surface area contributed by atoms with Crippen LogP contribution in [0.1, 0.15) is 43.6 Å². The Morgan fingerprint density at radius 3 is 2.00 bits per heavy atom. The first-order chi connectivity index (χ1) is 14.0. The smallest absolute Gasteiger partial charge is 0.285 e. The zero-order valence-electron chi connectivity index (χ0n) is 18.3. The summed E-state index contributed by atoms with van der Waals surface area (Å²) in [5.74, 6) is -0.619. The Bertz CT molecular complexity index is 901. The van der Waals surface area contributed by atoms with Gasteiger partial charge in [0.2, 0.25) is 5.91 Å². The van der Waals surface area contributed by atoms with E-state index in [1.165, 1.54) is 4.90 Å². The molecule has 2 aromatic rings. The van der Waals surface area contributed by atoms with Gasteiger partial charge < -0.3 is 15.5 Å². The Labute approximate surface area is 182 Å². The molecule has 0 spiro atoms. The Hall–Kier alpha value is -2.80. The highest BCUT2D eigenvalue weighted by atomic mass is 32.2. The van der Waals surface area contributed by atoms with Crippen molar-refractivity contribution in [3.8, 4) is 0 Å². The van der Waals surface area contributed by atoms with Gasteiger partial charge in [-0.25, -0.2) is 0 Å². The van der Waals surface area contributed by atoms with E-state index in [1.54, 1.807) is 57.4 Å². The minimum atomic E-state index is -0.704. The molecule has 2 aromatic carbocycles. The summed E-state index contributed by atoms with van der Waals surface area (Å²) in [5, 5.41) is 5.42. The number of carbonyl (C=O) groups is 3. The van der Waals surface area contributed by atoms with Crippen LogP contribution in [0.25, 0.3) is 0 Å². The fraction of sp³-hybridized carbons (Fsp3) is 0.348. The van der Waals surface area contributed by atoms with Crippen molar-refractivity contribution in [1.29, 1.82) is 0 Å². The van der Waals surface area contributed by atoms with Crippen molar-refractivity contribution in [2.45, 2.75) is 44.0 Å². The topological polar surface area (TPSA) is 78.5 Å². The summed E-state index contributed by atoms with van der Waals surface area (Å²) in [6.45, 7) is 7.97. The van der Waals surface area contributed by atoms with Crippen LogP contribution in [0.4, 0.5) is 10.5 Å². The predicted octanol–water partition coefficient (Wildman–Crippen LogP) is 4.51. The number of carbonyl (C=O) groups excluding carboxylic acids is 3. The second-order valence-corrected chi connectivity index (χ2v) is 9.32. The number of nitrogens with zero attached hydrogens (tertiary/aromatic N) is 1. The first-order valence-electron chi connectivity index (χ1n) is 9.69. The maximum atomic E-state index is 12.4. The zero-order chi connectivity index (χ0) is 22.5.